The number of amides is 2. The van der Waals surface area contributed by atoms with E-state index in [2.05, 4.69) is 27.2 Å². The van der Waals surface area contributed by atoms with Gasteiger partial charge in [0.2, 0.25) is 5.91 Å². The van der Waals surface area contributed by atoms with Gasteiger partial charge in [-0.1, -0.05) is 6.08 Å². The van der Waals surface area contributed by atoms with Gasteiger partial charge < -0.3 is 21.1 Å². The zero-order valence-electron chi connectivity index (χ0n) is 21.3. The highest BCUT2D eigenvalue weighted by Gasteiger charge is 2.21. The van der Waals surface area contributed by atoms with Gasteiger partial charge in [-0.25, -0.2) is 8.78 Å². The molecular formula is C28H29F2N5O3. The minimum atomic E-state index is -0.950. The quantitative estimate of drug-likeness (QED) is 0.269. The Labute approximate surface area is 219 Å². The SMILES string of the molecule is C=CCC(C)N=C/C(=C\N)NC(=O)Cc1c(F)cc(Oc2ccnc3ccc(C(=O)NC)cc23)c(C)c1F. The van der Waals surface area contributed by atoms with Crippen LogP contribution in [0.1, 0.15) is 34.8 Å². The van der Waals surface area contributed by atoms with E-state index in [1.807, 2.05) is 6.92 Å². The lowest BCUT2D eigenvalue weighted by Gasteiger charge is -2.15. The number of carbonyl (C=O) groups excluding carboxylic acids is 2. The fourth-order valence-corrected chi connectivity index (χ4v) is 3.62. The van der Waals surface area contributed by atoms with Crippen LogP contribution in [-0.4, -0.2) is 36.1 Å². The Hall–Kier alpha value is -4.60. The van der Waals surface area contributed by atoms with E-state index in [0.717, 1.165) is 12.3 Å². The number of aromatic nitrogens is 1. The van der Waals surface area contributed by atoms with E-state index in [1.165, 1.54) is 32.4 Å². The molecule has 1 unspecified atom stereocenters. The molecule has 0 fully saturated rings. The summed E-state index contributed by atoms with van der Waals surface area (Å²) < 4.78 is 36.1. The lowest BCUT2D eigenvalue weighted by molar-refractivity contribution is -0.119. The first-order chi connectivity index (χ1) is 18.2. The van der Waals surface area contributed by atoms with Crippen LogP contribution in [0.15, 0.2) is 66.1 Å². The fraction of sp³-hybridized carbons (Fsp3) is 0.214. The molecule has 2 amide bonds. The number of halogens is 2. The highest BCUT2D eigenvalue weighted by molar-refractivity contribution is 5.99. The Balaban J connectivity index is 1.84. The van der Waals surface area contributed by atoms with Gasteiger partial charge in [-0.05, 0) is 44.5 Å². The molecule has 4 N–H and O–H groups in total. The number of nitrogens with zero attached hydrogens (tertiary/aromatic N) is 2. The summed E-state index contributed by atoms with van der Waals surface area (Å²) in [6.45, 7) is 6.92. The van der Waals surface area contributed by atoms with Gasteiger partial charge in [0.05, 0.1) is 23.7 Å². The molecule has 198 valence electrons. The summed E-state index contributed by atoms with van der Waals surface area (Å²) in [5, 5.41) is 5.53. The number of aliphatic imine (C=N–C) groups is 1. The van der Waals surface area contributed by atoms with Crippen molar-refractivity contribution in [3.05, 3.63) is 89.4 Å². The Bertz CT molecular complexity index is 1440. The van der Waals surface area contributed by atoms with Crippen LogP contribution in [0.2, 0.25) is 0 Å². The minimum absolute atomic E-state index is 0.0102. The maximum absolute atomic E-state index is 15.2. The topological polar surface area (TPSA) is 119 Å². The van der Waals surface area contributed by atoms with Crippen LogP contribution in [0.5, 0.6) is 11.5 Å². The number of rotatable bonds is 10. The van der Waals surface area contributed by atoms with Crippen LogP contribution in [-0.2, 0) is 11.2 Å². The van der Waals surface area contributed by atoms with Gasteiger partial charge in [0.25, 0.3) is 5.91 Å². The maximum Gasteiger partial charge on any atom is 0.251 e. The first-order valence-electron chi connectivity index (χ1n) is 11.8. The Morgan fingerprint density at radius 2 is 2.00 bits per heavy atom. The van der Waals surface area contributed by atoms with E-state index in [9.17, 15) is 9.59 Å². The normalized spacial score (nSPS) is 12.4. The molecule has 0 aliphatic rings. The second-order valence-electron chi connectivity index (χ2n) is 8.49. The molecule has 38 heavy (non-hydrogen) atoms. The molecule has 3 rings (SSSR count). The zero-order valence-corrected chi connectivity index (χ0v) is 21.3. The van der Waals surface area contributed by atoms with Gasteiger partial charge in [-0.15, -0.1) is 6.58 Å². The Kier molecular flexibility index (Phi) is 9.26. The number of fused-ring (bicyclic) bond motifs is 1. The number of nitrogens with one attached hydrogen (secondary N) is 2. The first kappa shape index (κ1) is 28.0. The Morgan fingerprint density at radius 1 is 1.24 bits per heavy atom. The Morgan fingerprint density at radius 3 is 2.68 bits per heavy atom. The summed E-state index contributed by atoms with van der Waals surface area (Å²) in [4.78, 5) is 33.0. The van der Waals surface area contributed by atoms with E-state index < -0.39 is 29.5 Å². The maximum atomic E-state index is 15.2. The number of allylic oxidation sites excluding steroid dienone is 1. The van der Waals surface area contributed by atoms with E-state index in [1.54, 1.807) is 24.3 Å². The number of benzene rings is 2. The van der Waals surface area contributed by atoms with Crippen molar-refractivity contribution in [3.8, 4) is 11.5 Å². The molecule has 0 bridgehead atoms. The van der Waals surface area contributed by atoms with Crippen molar-refractivity contribution in [1.82, 2.24) is 15.6 Å². The van der Waals surface area contributed by atoms with Crippen LogP contribution in [0, 0.1) is 18.6 Å². The molecule has 0 saturated heterocycles. The largest absolute Gasteiger partial charge is 0.456 e. The average Bonchev–Trinajstić information content (AvgIpc) is 2.91. The molecular weight excluding hydrogens is 492 g/mol. The summed E-state index contributed by atoms with van der Waals surface area (Å²) in [5.41, 5.74) is 6.25. The second-order valence-corrected chi connectivity index (χ2v) is 8.49. The number of ether oxygens (including phenoxy) is 1. The van der Waals surface area contributed by atoms with E-state index in [-0.39, 0.29) is 34.7 Å². The summed E-state index contributed by atoms with van der Waals surface area (Å²) in [5.74, 6) is -2.65. The summed E-state index contributed by atoms with van der Waals surface area (Å²) >= 11 is 0. The number of hydrogen-bond donors (Lipinski definition) is 3. The molecule has 0 spiro atoms. The van der Waals surface area contributed by atoms with Crippen molar-refractivity contribution in [1.29, 1.82) is 0 Å². The fourth-order valence-electron chi connectivity index (χ4n) is 3.62. The van der Waals surface area contributed by atoms with Crippen LogP contribution < -0.4 is 21.1 Å². The van der Waals surface area contributed by atoms with Crippen molar-refractivity contribution in [2.24, 2.45) is 10.7 Å². The van der Waals surface area contributed by atoms with Gasteiger partial charge in [0, 0.05) is 53.8 Å². The average molecular weight is 522 g/mol. The van der Waals surface area contributed by atoms with Gasteiger partial charge >= 0.3 is 0 Å². The third-order valence-electron chi connectivity index (χ3n) is 5.70. The van der Waals surface area contributed by atoms with Crippen molar-refractivity contribution in [2.45, 2.75) is 32.7 Å². The molecule has 0 radical (unpaired) electrons. The molecule has 0 aliphatic heterocycles. The number of hydrogen-bond acceptors (Lipinski definition) is 6. The van der Waals surface area contributed by atoms with Crippen LogP contribution in [0.25, 0.3) is 10.9 Å². The monoisotopic (exact) mass is 521 g/mol. The molecule has 1 heterocycles. The standard InChI is InChI=1S/C28H29F2N5O3/c1-5-6-16(2)34-15-19(14-31)35-26(36)12-20-22(29)13-25(17(3)27(20)30)38-24-9-10-33-23-8-7-18(11-21(23)24)28(37)32-4/h5,7-11,13-16H,1,6,12,31H2,2-4H3,(H,32,37)(H,35,36)/b19-14+,34-15?. The summed E-state index contributed by atoms with van der Waals surface area (Å²) in [6.07, 6.45) is 5.80. The van der Waals surface area contributed by atoms with Crippen molar-refractivity contribution >= 4 is 28.9 Å². The minimum Gasteiger partial charge on any atom is -0.456 e. The van der Waals surface area contributed by atoms with E-state index in [4.69, 9.17) is 10.5 Å². The molecule has 3 aromatic rings. The van der Waals surface area contributed by atoms with Gasteiger partial charge in [0.15, 0.2) is 0 Å². The summed E-state index contributed by atoms with van der Waals surface area (Å²) in [7, 11) is 1.51. The molecule has 8 nitrogen and oxygen atoms in total. The van der Waals surface area contributed by atoms with Crippen molar-refractivity contribution in [3.63, 3.8) is 0 Å². The van der Waals surface area contributed by atoms with E-state index in [0.29, 0.717) is 22.9 Å². The van der Waals surface area contributed by atoms with Crippen LogP contribution in [0.4, 0.5) is 8.78 Å². The molecule has 1 atom stereocenters. The summed E-state index contributed by atoms with van der Waals surface area (Å²) in [6, 6.07) is 7.33. The van der Waals surface area contributed by atoms with Crippen molar-refractivity contribution in [2.75, 3.05) is 7.05 Å². The predicted octanol–water partition coefficient (Wildman–Crippen LogP) is 4.47. The first-order valence-corrected chi connectivity index (χ1v) is 11.8. The van der Waals surface area contributed by atoms with Crippen LogP contribution in [0.3, 0.4) is 0 Å². The smallest absolute Gasteiger partial charge is 0.251 e. The lowest BCUT2D eigenvalue weighted by atomic mass is 10.0. The predicted molar refractivity (Wildman–Crippen MR) is 143 cm³/mol. The lowest BCUT2D eigenvalue weighted by Crippen LogP contribution is -2.27. The third kappa shape index (κ3) is 6.58. The molecule has 2 aromatic carbocycles. The highest BCUT2D eigenvalue weighted by atomic mass is 19.1. The third-order valence-corrected chi connectivity index (χ3v) is 5.70. The number of carbonyl (C=O) groups is 2. The molecule has 10 heteroatoms. The highest BCUT2D eigenvalue weighted by Crippen LogP contribution is 2.34. The van der Waals surface area contributed by atoms with Crippen molar-refractivity contribution < 1.29 is 23.1 Å². The van der Waals surface area contributed by atoms with Gasteiger partial charge in [0.1, 0.15) is 23.1 Å². The zero-order chi connectivity index (χ0) is 27.8. The van der Waals surface area contributed by atoms with Gasteiger partial charge in [-0.2, -0.15) is 0 Å². The van der Waals surface area contributed by atoms with Crippen LogP contribution >= 0.6 is 0 Å². The number of pyridine rings is 1. The molecule has 1 aromatic heterocycles. The number of nitrogens with two attached hydrogens (primary N) is 1. The van der Waals surface area contributed by atoms with E-state index >= 15 is 8.78 Å². The molecule has 0 saturated carbocycles. The second kappa shape index (κ2) is 12.6. The van der Waals surface area contributed by atoms with Gasteiger partial charge in [-0.3, -0.25) is 19.6 Å². The molecule has 0 aliphatic carbocycles.